The van der Waals surface area contributed by atoms with Crippen molar-refractivity contribution in [2.75, 3.05) is 18.0 Å². The highest BCUT2D eigenvalue weighted by molar-refractivity contribution is 5.53. The topological polar surface area (TPSA) is 27.0 Å². The molecule has 0 unspecified atom stereocenters. The molecule has 2 rings (SSSR count). The van der Waals surface area contributed by atoms with Gasteiger partial charge in [-0.05, 0) is 48.9 Å². The van der Waals surface area contributed by atoms with Crippen molar-refractivity contribution in [2.45, 2.75) is 33.6 Å². The molecule has 1 aliphatic heterocycles. The number of aryl methyl sites for hydroxylation is 1. The summed E-state index contributed by atoms with van der Waals surface area (Å²) in [6.45, 7) is 8.91. The van der Waals surface area contributed by atoms with Crippen LogP contribution >= 0.6 is 0 Å². The van der Waals surface area contributed by atoms with Crippen molar-refractivity contribution >= 4 is 5.69 Å². The van der Waals surface area contributed by atoms with Crippen molar-refractivity contribution in [1.29, 1.82) is 5.26 Å². The molecular weight excluding hydrogens is 208 g/mol. The number of piperidine rings is 1. The van der Waals surface area contributed by atoms with E-state index in [2.05, 4.69) is 36.9 Å². The lowest BCUT2D eigenvalue weighted by atomic mass is 9.84. The molecular formula is C15H20N2. The highest BCUT2D eigenvalue weighted by atomic mass is 15.1. The molecule has 0 atom stereocenters. The van der Waals surface area contributed by atoms with Crippen LogP contribution in [0.1, 0.15) is 37.8 Å². The number of hydrogen-bond acceptors (Lipinski definition) is 2. The van der Waals surface area contributed by atoms with E-state index in [1.54, 1.807) is 0 Å². The number of nitrogens with zero attached hydrogens (tertiary/aromatic N) is 2. The molecule has 1 aromatic rings. The van der Waals surface area contributed by atoms with E-state index < -0.39 is 0 Å². The summed E-state index contributed by atoms with van der Waals surface area (Å²) >= 11 is 0. The first-order chi connectivity index (χ1) is 8.02. The maximum absolute atomic E-state index is 8.94. The second-order valence-electron chi connectivity index (χ2n) is 5.80. The molecule has 17 heavy (non-hydrogen) atoms. The third kappa shape index (κ3) is 2.61. The Labute approximate surface area is 104 Å². The van der Waals surface area contributed by atoms with Gasteiger partial charge in [-0.3, -0.25) is 0 Å². The molecule has 2 nitrogen and oxygen atoms in total. The number of benzene rings is 1. The van der Waals surface area contributed by atoms with Crippen LogP contribution in [0.25, 0.3) is 0 Å². The lowest BCUT2D eigenvalue weighted by molar-refractivity contribution is 0.293. The van der Waals surface area contributed by atoms with Gasteiger partial charge in [-0.25, -0.2) is 0 Å². The Morgan fingerprint density at radius 2 is 2.12 bits per heavy atom. The van der Waals surface area contributed by atoms with E-state index in [0.717, 1.165) is 24.2 Å². The van der Waals surface area contributed by atoms with E-state index >= 15 is 0 Å². The minimum absolute atomic E-state index is 0.403. The van der Waals surface area contributed by atoms with Gasteiger partial charge >= 0.3 is 0 Å². The number of rotatable bonds is 1. The second-order valence-corrected chi connectivity index (χ2v) is 5.80. The molecule has 90 valence electrons. The first-order valence-electron chi connectivity index (χ1n) is 6.27. The minimum atomic E-state index is 0.403. The van der Waals surface area contributed by atoms with Crippen LogP contribution in [-0.2, 0) is 0 Å². The van der Waals surface area contributed by atoms with Gasteiger partial charge in [0.05, 0.1) is 11.6 Å². The van der Waals surface area contributed by atoms with Crippen LogP contribution < -0.4 is 4.90 Å². The summed E-state index contributed by atoms with van der Waals surface area (Å²) < 4.78 is 0. The Kier molecular flexibility index (Phi) is 3.11. The van der Waals surface area contributed by atoms with Crippen molar-refractivity contribution in [3.63, 3.8) is 0 Å². The molecule has 0 N–H and O–H groups in total. The third-order valence-electron chi connectivity index (χ3n) is 3.60. The molecule has 0 aromatic heterocycles. The first-order valence-corrected chi connectivity index (χ1v) is 6.27. The van der Waals surface area contributed by atoms with Gasteiger partial charge in [-0.1, -0.05) is 13.8 Å². The quantitative estimate of drug-likeness (QED) is 0.735. The minimum Gasteiger partial charge on any atom is -0.371 e. The second kappa shape index (κ2) is 4.41. The maximum Gasteiger partial charge on any atom is 0.0994 e. The number of hydrogen-bond donors (Lipinski definition) is 0. The Morgan fingerprint density at radius 1 is 1.35 bits per heavy atom. The van der Waals surface area contributed by atoms with E-state index in [0.29, 0.717) is 5.41 Å². The molecule has 0 spiro atoms. The first kappa shape index (κ1) is 12.0. The zero-order valence-electron chi connectivity index (χ0n) is 11.0. The lowest BCUT2D eigenvalue weighted by Gasteiger charge is -2.39. The molecule has 1 aromatic carbocycles. The van der Waals surface area contributed by atoms with Crippen LogP contribution in [0.15, 0.2) is 18.2 Å². The van der Waals surface area contributed by atoms with Crippen molar-refractivity contribution in [3.05, 3.63) is 29.3 Å². The van der Waals surface area contributed by atoms with Gasteiger partial charge in [0.2, 0.25) is 0 Å². The fraction of sp³-hybridized carbons (Fsp3) is 0.533. The van der Waals surface area contributed by atoms with Crippen LogP contribution in [0.2, 0.25) is 0 Å². The predicted octanol–water partition coefficient (Wildman–Crippen LogP) is 3.49. The molecule has 0 bridgehead atoms. The summed E-state index contributed by atoms with van der Waals surface area (Å²) in [5, 5.41) is 8.94. The van der Waals surface area contributed by atoms with Gasteiger partial charge in [-0.2, -0.15) is 5.26 Å². The van der Waals surface area contributed by atoms with Crippen molar-refractivity contribution in [2.24, 2.45) is 5.41 Å². The lowest BCUT2D eigenvalue weighted by Crippen LogP contribution is -2.40. The van der Waals surface area contributed by atoms with Gasteiger partial charge in [0.1, 0.15) is 0 Å². The average Bonchev–Trinajstić information content (AvgIpc) is 2.27. The van der Waals surface area contributed by atoms with E-state index in [-0.39, 0.29) is 0 Å². The number of nitriles is 1. The van der Waals surface area contributed by atoms with Crippen molar-refractivity contribution in [1.82, 2.24) is 0 Å². The van der Waals surface area contributed by atoms with Gasteiger partial charge < -0.3 is 4.90 Å². The molecule has 0 saturated carbocycles. The Morgan fingerprint density at radius 3 is 2.71 bits per heavy atom. The van der Waals surface area contributed by atoms with E-state index in [1.165, 1.54) is 18.5 Å². The van der Waals surface area contributed by atoms with Crippen LogP contribution in [0, 0.1) is 23.7 Å². The fourth-order valence-electron chi connectivity index (χ4n) is 2.61. The van der Waals surface area contributed by atoms with Crippen LogP contribution in [0.3, 0.4) is 0 Å². The summed E-state index contributed by atoms with van der Waals surface area (Å²) in [4.78, 5) is 2.44. The Hall–Kier alpha value is -1.49. The molecule has 2 heteroatoms. The molecule has 0 aliphatic carbocycles. The van der Waals surface area contributed by atoms with Crippen LogP contribution in [0.4, 0.5) is 5.69 Å². The molecule has 1 saturated heterocycles. The Balaban J connectivity index is 2.23. The predicted molar refractivity (Wildman–Crippen MR) is 71.1 cm³/mol. The summed E-state index contributed by atoms with van der Waals surface area (Å²) in [5.41, 5.74) is 3.52. The van der Waals surface area contributed by atoms with Crippen molar-refractivity contribution < 1.29 is 0 Å². The van der Waals surface area contributed by atoms with Crippen molar-refractivity contribution in [3.8, 4) is 6.07 Å². The van der Waals surface area contributed by atoms with Crippen LogP contribution in [0.5, 0.6) is 0 Å². The third-order valence-corrected chi connectivity index (χ3v) is 3.60. The van der Waals surface area contributed by atoms with E-state index in [4.69, 9.17) is 5.26 Å². The normalized spacial score (nSPS) is 18.8. The monoisotopic (exact) mass is 228 g/mol. The van der Waals surface area contributed by atoms with E-state index in [9.17, 15) is 0 Å². The van der Waals surface area contributed by atoms with E-state index in [1.807, 2.05) is 13.0 Å². The highest BCUT2D eigenvalue weighted by Gasteiger charge is 2.26. The zero-order chi connectivity index (χ0) is 12.5. The summed E-state index contributed by atoms with van der Waals surface area (Å²) in [6.07, 6.45) is 2.56. The Bertz CT molecular complexity index is 454. The van der Waals surface area contributed by atoms with Gasteiger partial charge in [0.25, 0.3) is 0 Å². The van der Waals surface area contributed by atoms with Gasteiger partial charge in [0.15, 0.2) is 0 Å². The molecule has 1 heterocycles. The highest BCUT2D eigenvalue weighted by Crippen LogP contribution is 2.32. The van der Waals surface area contributed by atoms with Gasteiger partial charge in [0, 0.05) is 18.8 Å². The summed E-state index contributed by atoms with van der Waals surface area (Å²) in [6, 6.07) is 8.38. The largest absolute Gasteiger partial charge is 0.371 e. The molecule has 1 fully saturated rings. The molecule has 0 amide bonds. The summed E-state index contributed by atoms with van der Waals surface area (Å²) in [7, 11) is 0. The number of anilines is 1. The summed E-state index contributed by atoms with van der Waals surface area (Å²) in [5.74, 6) is 0. The maximum atomic E-state index is 8.94. The smallest absolute Gasteiger partial charge is 0.0994 e. The zero-order valence-corrected chi connectivity index (χ0v) is 11.0. The fourth-order valence-corrected chi connectivity index (χ4v) is 2.61. The molecule has 1 aliphatic rings. The molecule has 0 radical (unpaired) electrons. The SMILES string of the molecule is Cc1cc(N2CCCC(C)(C)C2)ccc1C#N. The van der Waals surface area contributed by atoms with Gasteiger partial charge in [-0.15, -0.1) is 0 Å². The average molecular weight is 228 g/mol. The standard InChI is InChI=1S/C15H20N2/c1-12-9-14(6-5-13(12)10-16)17-8-4-7-15(2,3)11-17/h5-6,9H,4,7-8,11H2,1-3H3. The van der Waals surface area contributed by atoms with Crippen LogP contribution in [-0.4, -0.2) is 13.1 Å².